The number of ketones is 1. The monoisotopic (exact) mass is 292 g/mol. The molecule has 2 aromatic carbocycles. The second kappa shape index (κ2) is 5.81. The Labute approximate surface area is 128 Å². The van der Waals surface area contributed by atoms with Crippen LogP contribution in [0.3, 0.4) is 0 Å². The third-order valence-corrected chi connectivity index (χ3v) is 3.50. The molecule has 1 aliphatic rings. The van der Waals surface area contributed by atoms with Crippen LogP contribution in [0, 0.1) is 0 Å². The highest BCUT2D eigenvalue weighted by atomic mass is 32.1. The average Bonchev–Trinajstić information content (AvgIpc) is 2.55. The Kier molecular flexibility index (Phi) is 3.71. The minimum absolute atomic E-state index is 0.00446. The van der Waals surface area contributed by atoms with Gasteiger partial charge in [0.15, 0.2) is 5.78 Å². The second-order valence-corrected chi connectivity index (χ2v) is 4.96. The lowest BCUT2D eigenvalue weighted by Crippen LogP contribution is -2.20. The summed E-state index contributed by atoms with van der Waals surface area (Å²) in [5.74, 6) is -0.00446. The first-order valence-electron chi connectivity index (χ1n) is 6.50. The number of allylic oxidation sites excluding steroid dienone is 2. The van der Waals surface area contributed by atoms with Crippen molar-refractivity contribution in [1.29, 1.82) is 0 Å². The summed E-state index contributed by atoms with van der Waals surface area (Å²) >= 11 is 5.30. The fourth-order valence-corrected chi connectivity index (χ4v) is 2.30. The smallest absolute Gasteiger partial charge is 0.186 e. The zero-order valence-corrected chi connectivity index (χ0v) is 11.9. The first-order valence-corrected chi connectivity index (χ1v) is 6.91. The van der Waals surface area contributed by atoms with Gasteiger partial charge in [-0.2, -0.15) is 5.10 Å². The fraction of sp³-hybridized carbons (Fsp3) is 0. The van der Waals surface area contributed by atoms with Crippen LogP contribution in [-0.4, -0.2) is 16.5 Å². The van der Waals surface area contributed by atoms with Gasteiger partial charge in [0.05, 0.1) is 5.71 Å². The van der Waals surface area contributed by atoms with Crippen molar-refractivity contribution in [2.45, 2.75) is 0 Å². The number of hydrazone groups is 1. The minimum Gasteiger partial charge on any atom is -0.289 e. The first kappa shape index (κ1) is 13.4. The van der Waals surface area contributed by atoms with Crippen LogP contribution in [0.5, 0.6) is 0 Å². The number of rotatable bonds is 2. The van der Waals surface area contributed by atoms with Crippen molar-refractivity contribution in [2.75, 3.05) is 0 Å². The van der Waals surface area contributed by atoms with Gasteiger partial charge in [-0.25, -0.2) is 0 Å². The molecule has 0 atom stereocenters. The van der Waals surface area contributed by atoms with Gasteiger partial charge in [0.1, 0.15) is 4.99 Å². The van der Waals surface area contributed by atoms with Crippen molar-refractivity contribution < 1.29 is 4.79 Å². The van der Waals surface area contributed by atoms with E-state index in [0.29, 0.717) is 16.3 Å². The molecule has 0 heterocycles. The molecule has 0 spiro atoms. The van der Waals surface area contributed by atoms with E-state index in [1.54, 1.807) is 12.1 Å². The zero-order valence-electron chi connectivity index (χ0n) is 11.1. The number of nitrogens with one attached hydrogen (secondary N) is 1. The highest BCUT2D eigenvalue weighted by Gasteiger charge is 2.16. The Hall–Kier alpha value is -2.59. The molecule has 0 saturated carbocycles. The number of nitrogens with zero attached hydrogens (tertiary/aromatic N) is 1. The quantitative estimate of drug-likeness (QED) is 0.683. The van der Waals surface area contributed by atoms with E-state index in [1.165, 1.54) is 6.08 Å². The van der Waals surface area contributed by atoms with E-state index in [-0.39, 0.29) is 5.78 Å². The van der Waals surface area contributed by atoms with Gasteiger partial charge in [-0.3, -0.25) is 10.2 Å². The molecule has 0 saturated heterocycles. The largest absolute Gasteiger partial charge is 0.289 e. The molecule has 0 bridgehead atoms. The molecule has 21 heavy (non-hydrogen) atoms. The van der Waals surface area contributed by atoms with E-state index in [0.717, 1.165) is 11.1 Å². The zero-order chi connectivity index (χ0) is 14.7. The molecule has 2 aromatic rings. The van der Waals surface area contributed by atoms with Gasteiger partial charge in [0, 0.05) is 16.7 Å². The summed E-state index contributed by atoms with van der Waals surface area (Å²) in [5.41, 5.74) is 5.95. The summed E-state index contributed by atoms with van der Waals surface area (Å²) in [6, 6.07) is 17.0. The van der Waals surface area contributed by atoms with Crippen molar-refractivity contribution in [3.05, 3.63) is 83.4 Å². The molecule has 0 radical (unpaired) electrons. The molecule has 0 fully saturated rings. The normalized spacial score (nSPS) is 14.9. The number of hydrogen-bond donors (Lipinski definition) is 1. The van der Waals surface area contributed by atoms with Crippen LogP contribution >= 0.6 is 12.2 Å². The van der Waals surface area contributed by atoms with Crippen LogP contribution in [0.4, 0.5) is 0 Å². The lowest BCUT2D eigenvalue weighted by Gasteiger charge is -2.12. The Bertz CT molecular complexity index is 763. The van der Waals surface area contributed by atoms with Gasteiger partial charge in [0.25, 0.3) is 0 Å². The molecule has 1 aliphatic carbocycles. The molecule has 0 aliphatic heterocycles. The highest BCUT2D eigenvalue weighted by Crippen LogP contribution is 2.16. The van der Waals surface area contributed by atoms with Gasteiger partial charge in [-0.05, 0) is 12.2 Å². The van der Waals surface area contributed by atoms with Crippen LogP contribution in [0.2, 0.25) is 0 Å². The van der Waals surface area contributed by atoms with Crippen LogP contribution < -0.4 is 5.43 Å². The van der Waals surface area contributed by atoms with Crippen molar-refractivity contribution in [1.82, 2.24) is 5.43 Å². The van der Waals surface area contributed by atoms with Gasteiger partial charge < -0.3 is 0 Å². The third-order valence-electron chi connectivity index (χ3n) is 3.17. The molecule has 0 unspecified atom stereocenters. The van der Waals surface area contributed by atoms with Crippen molar-refractivity contribution in [3.8, 4) is 0 Å². The van der Waals surface area contributed by atoms with Crippen molar-refractivity contribution in [2.24, 2.45) is 5.10 Å². The van der Waals surface area contributed by atoms with Gasteiger partial charge in [0.2, 0.25) is 0 Å². The predicted molar refractivity (Wildman–Crippen MR) is 87.7 cm³/mol. The average molecular weight is 292 g/mol. The van der Waals surface area contributed by atoms with Crippen LogP contribution in [0.1, 0.15) is 21.5 Å². The summed E-state index contributed by atoms with van der Waals surface area (Å²) in [6.07, 6.45) is 3.22. The first-order chi connectivity index (χ1) is 10.3. The van der Waals surface area contributed by atoms with Crippen LogP contribution in [-0.2, 0) is 0 Å². The SMILES string of the molecule is O=C1C=CC(=NNC(=S)c2ccccc2)c2ccccc21. The van der Waals surface area contributed by atoms with Gasteiger partial charge in [-0.15, -0.1) is 0 Å². The Morgan fingerprint density at radius 2 is 1.57 bits per heavy atom. The Morgan fingerprint density at radius 3 is 2.33 bits per heavy atom. The number of benzene rings is 2. The molecular weight excluding hydrogens is 280 g/mol. The van der Waals surface area contributed by atoms with E-state index in [2.05, 4.69) is 10.5 Å². The van der Waals surface area contributed by atoms with Gasteiger partial charge >= 0.3 is 0 Å². The predicted octanol–water partition coefficient (Wildman–Crippen LogP) is 3.11. The maximum Gasteiger partial charge on any atom is 0.186 e. The van der Waals surface area contributed by atoms with Crippen molar-refractivity contribution in [3.63, 3.8) is 0 Å². The van der Waals surface area contributed by atoms with Crippen LogP contribution in [0.25, 0.3) is 0 Å². The fourth-order valence-electron chi connectivity index (χ4n) is 2.12. The molecule has 0 amide bonds. The van der Waals surface area contributed by atoms with E-state index in [4.69, 9.17) is 12.2 Å². The molecule has 102 valence electrons. The topological polar surface area (TPSA) is 41.5 Å². The summed E-state index contributed by atoms with van der Waals surface area (Å²) in [6.45, 7) is 0. The Morgan fingerprint density at radius 1 is 0.905 bits per heavy atom. The molecule has 4 heteroatoms. The molecule has 1 N–H and O–H groups in total. The van der Waals surface area contributed by atoms with Crippen LogP contribution in [0.15, 0.2) is 71.9 Å². The summed E-state index contributed by atoms with van der Waals surface area (Å²) < 4.78 is 0. The van der Waals surface area contributed by atoms with E-state index in [1.807, 2.05) is 48.5 Å². The van der Waals surface area contributed by atoms with E-state index in [9.17, 15) is 4.79 Å². The maximum atomic E-state index is 11.8. The standard InChI is InChI=1S/C17H12N2OS/c20-16-11-10-15(13-8-4-5-9-14(13)16)18-19-17(21)12-6-2-1-3-7-12/h1-11H,(H,19,21). The summed E-state index contributed by atoms with van der Waals surface area (Å²) in [5, 5.41) is 4.32. The maximum absolute atomic E-state index is 11.8. The lowest BCUT2D eigenvalue weighted by molar-refractivity contribution is 0.104. The van der Waals surface area contributed by atoms with Crippen molar-refractivity contribution >= 4 is 28.7 Å². The summed E-state index contributed by atoms with van der Waals surface area (Å²) in [7, 11) is 0. The molecule has 3 rings (SSSR count). The third kappa shape index (κ3) is 2.80. The van der Waals surface area contributed by atoms with E-state index >= 15 is 0 Å². The molecule has 3 nitrogen and oxygen atoms in total. The van der Waals surface area contributed by atoms with Gasteiger partial charge in [-0.1, -0.05) is 66.8 Å². The number of hydrogen-bond acceptors (Lipinski definition) is 3. The Balaban J connectivity index is 1.86. The molecular formula is C17H12N2OS. The second-order valence-electron chi connectivity index (χ2n) is 4.55. The summed E-state index contributed by atoms with van der Waals surface area (Å²) in [4.78, 5) is 12.3. The lowest BCUT2D eigenvalue weighted by atomic mass is 9.94. The van der Waals surface area contributed by atoms with E-state index < -0.39 is 0 Å². The number of fused-ring (bicyclic) bond motifs is 1. The highest BCUT2D eigenvalue weighted by molar-refractivity contribution is 7.80. The number of carbonyl (C=O) groups is 1. The number of carbonyl (C=O) groups excluding carboxylic acids is 1. The minimum atomic E-state index is -0.00446. The molecule has 0 aromatic heterocycles. The number of thiocarbonyl (C=S) groups is 1.